The lowest BCUT2D eigenvalue weighted by Crippen LogP contribution is -2.49. The molecule has 0 bridgehead atoms. The van der Waals surface area contributed by atoms with Gasteiger partial charge in [0, 0.05) is 37.0 Å². The number of nitrogens with one attached hydrogen (secondary N) is 3. The lowest BCUT2D eigenvalue weighted by molar-refractivity contribution is -0.124. The molecule has 3 heterocycles. The summed E-state index contributed by atoms with van der Waals surface area (Å²) in [7, 11) is 0. The number of hydrogen-bond acceptors (Lipinski definition) is 7. The monoisotopic (exact) mass is 493 g/mol. The van der Waals surface area contributed by atoms with Crippen LogP contribution in [-0.2, 0) is 31.1 Å². The lowest BCUT2D eigenvalue weighted by atomic mass is 9.75. The first-order chi connectivity index (χ1) is 17.5. The van der Waals surface area contributed by atoms with Crippen LogP contribution in [0.3, 0.4) is 0 Å². The maximum absolute atomic E-state index is 13.4. The van der Waals surface area contributed by atoms with Gasteiger partial charge in [-0.05, 0) is 49.3 Å². The van der Waals surface area contributed by atoms with Gasteiger partial charge in [0.1, 0.15) is 12.6 Å². The fourth-order valence-corrected chi connectivity index (χ4v) is 5.52. The molecule has 190 valence electrons. The zero-order valence-electron chi connectivity index (χ0n) is 20.1. The Morgan fingerprint density at radius 3 is 2.72 bits per heavy atom. The standard InChI is InChI=1S/C26H31N5O5/c32-23(29-18-6-7-20-21(14-18)30-24(33)26(20)8-12-35-13-9-26)22(17-4-2-1-3-5-17)31-25(34)36-16-19-15-27-10-11-28-19/h6-7,10-11,14-15,17,22H,1-5,8-9,12-13,16H2,(H,29,32)(H,30,33)(H,31,34)/t22-/m0/s1. The van der Waals surface area contributed by atoms with Crippen LogP contribution in [-0.4, -0.2) is 47.1 Å². The maximum Gasteiger partial charge on any atom is 0.408 e. The van der Waals surface area contributed by atoms with Crippen molar-refractivity contribution in [2.75, 3.05) is 23.8 Å². The second-order valence-corrected chi connectivity index (χ2v) is 9.69. The van der Waals surface area contributed by atoms with Crippen LogP contribution in [0.15, 0.2) is 36.8 Å². The molecule has 36 heavy (non-hydrogen) atoms. The molecule has 10 nitrogen and oxygen atoms in total. The second kappa shape index (κ2) is 10.6. The minimum atomic E-state index is -0.732. The normalized spacial score (nSPS) is 19.7. The molecule has 3 N–H and O–H groups in total. The van der Waals surface area contributed by atoms with E-state index in [-0.39, 0.29) is 24.3 Å². The Morgan fingerprint density at radius 1 is 1.17 bits per heavy atom. The summed E-state index contributed by atoms with van der Waals surface area (Å²) in [5.74, 6) is -0.303. The highest BCUT2D eigenvalue weighted by atomic mass is 16.5. The van der Waals surface area contributed by atoms with E-state index in [4.69, 9.17) is 9.47 Å². The first kappa shape index (κ1) is 24.2. The molecule has 1 atom stereocenters. The molecule has 3 amide bonds. The van der Waals surface area contributed by atoms with E-state index in [1.807, 2.05) is 12.1 Å². The molecular formula is C26H31N5O5. The van der Waals surface area contributed by atoms with E-state index < -0.39 is 17.6 Å². The molecule has 1 saturated carbocycles. The molecule has 1 saturated heterocycles. The number of fused-ring (bicyclic) bond motifs is 2. The van der Waals surface area contributed by atoms with Crippen molar-refractivity contribution in [2.45, 2.75) is 63.0 Å². The highest BCUT2D eigenvalue weighted by Gasteiger charge is 2.47. The molecule has 5 rings (SSSR count). The summed E-state index contributed by atoms with van der Waals surface area (Å²) in [5, 5.41) is 8.71. The van der Waals surface area contributed by atoms with Crippen molar-refractivity contribution in [1.29, 1.82) is 0 Å². The Labute approximate surface area is 209 Å². The summed E-state index contributed by atoms with van der Waals surface area (Å²) >= 11 is 0. The molecule has 1 aliphatic carbocycles. The summed E-state index contributed by atoms with van der Waals surface area (Å²) in [6.07, 6.45) is 10.1. The lowest BCUT2D eigenvalue weighted by Gasteiger charge is -2.31. The largest absolute Gasteiger partial charge is 0.443 e. The van der Waals surface area contributed by atoms with Crippen LogP contribution in [0.5, 0.6) is 0 Å². The number of rotatable bonds is 6. The predicted molar refractivity (Wildman–Crippen MR) is 131 cm³/mol. The zero-order valence-corrected chi connectivity index (χ0v) is 20.1. The van der Waals surface area contributed by atoms with Gasteiger partial charge in [-0.3, -0.25) is 19.6 Å². The minimum absolute atomic E-state index is 0.0162. The van der Waals surface area contributed by atoms with Crippen molar-refractivity contribution in [3.63, 3.8) is 0 Å². The van der Waals surface area contributed by atoms with Crippen LogP contribution in [0.2, 0.25) is 0 Å². The number of carbonyl (C=O) groups is 3. The van der Waals surface area contributed by atoms with Crippen molar-refractivity contribution >= 4 is 29.3 Å². The summed E-state index contributed by atoms with van der Waals surface area (Å²) < 4.78 is 10.8. The molecule has 10 heteroatoms. The molecule has 3 aliphatic rings. The SMILES string of the molecule is O=C(N[C@H](C(=O)Nc1ccc2c(c1)NC(=O)C21CCOCC1)C1CCCCC1)OCc1cnccn1. The summed E-state index contributed by atoms with van der Waals surface area (Å²) in [6.45, 7) is 1.07. The first-order valence-corrected chi connectivity index (χ1v) is 12.6. The van der Waals surface area contributed by atoms with E-state index in [0.29, 0.717) is 43.1 Å². The topological polar surface area (TPSA) is 132 Å². The fourth-order valence-electron chi connectivity index (χ4n) is 5.52. The van der Waals surface area contributed by atoms with Crippen LogP contribution in [0.4, 0.5) is 16.2 Å². The van der Waals surface area contributed by atoms with E-state index in [1.54, 1.807) is 12.3 Å². The van der Waals surface area contributed by atoms with Gasteiger partial charge in [-0.2, -0.15) is 0 Å². The number of alkyl carbamates (subject to hydrolysis) is 1. The van der Waals surface area contributed by atoms with Crippen molar-refractivity contribution < 1.29 is 23.9 Å². The highest BCUT2D eigenvalue weighted by Crippen LogP contribution is 2.45. The second-order valence-electron chi connectivity index (χ2n) is 9.69. The Kier molecular flexibility index (Phi) is 7.13. The third-order valence-electron chi connectivity index (χ3n) is 7.48. The van der Waals surface area contributed by atoms with Gasteiger partial charge in [0.2, 0.25) is 11.8 Å². The molecule has 0 radical (unpaired) electrons. The van der Waals surface area contributed by atoms with Gasteiger partial charge in [-0.15, -0.1) is 0 Å². The van der Waals surface area contributed by atoms with Crippen LogP contribution in [0.1, 0.15) is 56.2 Å². The van der Waals surface area contributed by atoms with Crippen LogP contribution in [0.25, 0.3) is 0 Å². The maximum atomic E-state index is 13.4. The van der Waals surface area contributed by atoms with Gasteiger partial charge in [0.05, 0.1) is 17.3 Å². The summed E-state index contributed by atoms with van der Waals surface area (Å²) in [6, 6.07) is 4.79. The van der Waals surface area contributed by atoms with Gasteiger partial charge in [-0.25, -0.2) is 4.79 Å². The van der Waals surface area contributed by atoms with Gasteiger partial charge >= 0.3 is 6.09 Å². The Bertz CT molecular complexity index is 1110. The van der Waals surface area contributed by atoms with E-state index in [9.17, 15) is 14.4 Å². The van der Waals surface area contributed by atoms with Gasteiger partial charge < -0.3 is 25.4 Å². The Balaban J connectivity index is 1.28. The quantitative estimate of drug-likeness (QED) is 0.563. The number of carbonyl (C=O) groups excluding carboxylic acids is 3. The first-order valence-electron chi connectivity index (χ1n) is 12.6. The molecule has 2 aliphatic heterocycles. The summed E-state index contributed by atoms with van der Waals surface area (Å²) in [4.78, 5) is 46.8. The zero-order chi connectivity index (χ0) is 25.0. The highest BCUT2D eigenvalue weighted by molar-refractivity contribution is 6.07. The number of benzene rings is 1. The van der Waals surface area contributed by atoms with Gasteiger partial charge in [0.15, 0.2) is 0 Å². The van der Waals surface area contributed by atoms with Gasteiger partial charge in [-0.1, -0.05) is 25.3 Å². The molecule has 1 aromatic heterocycles. The van der Waals surface area contributed by atoms with Crippen LogP contribution < -0.4 is 16.0 Å². The van der Waals surface area contributed by atoms with E-state index >= 15 is 0 Å². The fraction of sp³-hybridized carbons (Fsp3) is 0.500. The third-order valence-corrected chi connectivity index (χ3v) is 7.48. The number of nitrogens with zero attached hydrogens (tertiary/aromatic N) is 2. The molecule has 2 aromatic rings. The average Bonchev–Trinajstić information content (AvgIpc) is 3.17. The Morgan fingerprint density at radius 2 is 1.97 bits per heavy atom. The van der Waals surface area contributed by atoms with E-state index in [0.717, 1.165) is 37.7 Å². The van der Waals surface area contributed by atoms with Crippen molar-refractivity contribution in [3.8, 4) is 0 Å². The summed E-state index contributed by atoms with van der Waals surface area (Å²) in [5.41, 5.74) is 2.19. The van der Waals surface area contributed by atoms with Crippen LogP contribution in [0, 0.1) is 5.92 Å². The number of aromatic nitrogens is 2. The molecular weight excluding hydrogens is 462 g/mol. The number of amides is 3. The predicted octanol–water partition coefficient (Wildman–Crippen LogP) is 3.29. The number of hydrogen-bond donors (Lipinski definition) is 3. The van der Waals surface area contributed by atoms with Crippen molar-refractivity contribution in [2.24, 2.45) is 5.92 Å². The minimum Gasteiger partial charge on any atom is -0.443 e. The molecule has 2 fully saturated rings. The molecule has 1 spiro atoms. The smallest absolute Gasteiger partial charge is 0.408 e. The van der Waals surface area contributed by atoms with Gasteiger partial charge in [0.25, 0.3) is 0 Å². The Hall–Kier alpha value is -3.53. The number of anilines is 2. The van der Waals surface area contributed by atoms with Crippen LogP contribution >= 0.6 is 0 Å². The van der Waals surface area contributed by atoms with E-state index in [2.05, 4.69) is 25.9 Å². The molecule has 0 unspecified atom stereocenters. The van der Waals surface area contributed by atoms with Crippen molar-refractivity contribution in [3.05, 3.63) is 48.0 Å². The van der Waals surface area contributed by atoms with Crippen molar-refractivity contribution in [1.82, 2.24) is 15.3 Å². The third kappa shape index (κ3) is 5.04. The number of ether oxygens (including phenoxy) is 2. The molecule has 1 aromatic carbocycles. The van der Waals surface area contributed by atoms with E-state index in [1.165, 1.54) is 12.4 Å². The average molecular weight is 494 g/mol.